The molecule has 5 nitrogen and oxygen atoms in total. The molecule has 0 aromatic carbocycles. The Kier molecular flexibility index (Phi) is 2.22. The Morgan fingerprint density at radius 3 is 2.82 bits per heavy atom. The van der Waals surface area contributed by atoms with Crippen molar-refractivity contribution in [1.82, 2.24) is 4.98 Å². The Bertz CT molecular complexity index is 302. The molecule has 0 spiro atoms. The predicted molar refractivity (Wildman–Crippen MR) is 48.0 cm³/mol. The quantitative estimate of drug-likeness (QED) is 0.469. The molecular formula is C5H4IN3O2. The largest absolute Gasteiger partial charge is 0.396 e. The SMILES string of the molecule is Nc1cnc([N+](=O)[O-])c(I)c1. The number of hydrogen-bond donors (Lipinski definition) is 1. The van der Waals surface area contributed by atoms with Crippen molar-refractivity contribution in [2.75, 3.05) is 5.73 Å². The molecule has 0 aliphatic heterocycles. The number of nitrogens with two attached hydrogens (primary N) is 1. The summed E-state index contributed by atoms with van der Waals surface area (Å²) in [7, 11) is 0. The standard InChI is InChI=1S/C5H4IN3O2/c6-4-1-3(7)2-8-5(4)9(10)11/h1-2H,7H2. The van der Waals surface area contributed by atoms with Crippen LogP contribution in [0.1, 0.15) is 0 Å². The van der Waals surface area contributed by atoms with Gasteiger partial charge in [0.2, 0.25) is 0 Å². The minimum Gasteiger partial charge on any atom is -0.396 e. The minimum absolute atomic E-state index is 0.153. The van der Waals surface area contributed by atoms with Crippen LogP contribution in [0.3, 0.4) is 0 Å². The number of anilines is 1. The maximum atomic E-state index is 10.2. The van der Waals surface area contributed by atoms with Crippen LogP contribution in [0.2, 0.25) is 0 Å². The Hall–Kier alpha value is -0.920. The van der Waals surface area contributed by atoms with Gasteiger partial charge in [0.05, 0.1) is 5.69 Å². The highest BCUT2D eigenvalue weighted by molar-refractivity contribution is 14.1. The van der Waals surface area contributed by atoms with E-state index in [1.807, 2.05) is 22.6 Å². The van der Waals surface area contributed by atoms with Gasteiger partial charge < -0.3 is 15.8 Å². The van der Waals surface area contributed by atoms with Gasteiger partial charge in [0, 0.05) is 0 Å². The molecule has 0 unspecified atom stereocenters. The number of aromatic nitrogens is 1. The molecule has 0 aliphatic carbocycles. The lowest BCUT2D eigenvalue weighted by Gasteiger charge is -1.94. The minimum atomic E-state index is -0.540. The van der Waals surface area contributed by atoms with Crippen molar-refractivity contribution in [1.29, 1.82) is 0 Å². The van der Waals surface area contributed by atoms with E-state index in [1.54, 1.807) is 0 Å². The average molecular weight is 265 g/mol. The first-order chi connectivity index (χ1) is 5.11. The van der Waals surface area contributed by atoms with Crippen molar-refractivity contribution in [2.45, 2.75) is 0 Å². The Balaban J connectivity index is 3.20. The second-order valence-corrected chi connectivity index (χ2v) is 2.99. The molecule has 2 N–H and O–H groups in total. The summed E-state index contributed by atoms with van der Waals surface area (Å²) in [5.74, 6) is -0.153. The zero-order valence-electron chi connectivity index (χ0n) is 5.32. The zero-order chi connectivity index (χ0) is 8.43. The van der Waals surface area contributed by atoms with Crippen LogP contribution in [0.5, 0.6) is 0 Å². The van der Waals surface area contributed by atoms with E-state index in [-0.39, 0.29) is 5.82 Å². The molecule has 11 heavy (non-hydrogen) atoms. The van der Waals surface area contributed by atoms with Crippen LogP contribution >= 0.6 is 22.6 Å². The summed E-state index contributed by atoms with van der Waals surface area (Å²) in [5, 5.41) is 10.2. The predicted octanol–water partition coefficient (Wildman–Crippen LogP) is 1.18. The highest BCUT2D eigenvalue weighted by Crippen LogP contribution is 2.18. The van der Waals surface area contributed by atoms with E-state index in [9.17, 15) is 10.1 Å². The maximum Gasteiger partial charge on any atom is 0.377 e. The highest BCUT2D eigenvalue weighted by atomic mass is 127. The van der Waals surface area contributed by atoms with Gasteiger partial charge in [-0.3, -0.25) is 0 Å². The van der Waals surface area contributed by atoms with Gasteiger partial charge in [-0.2, -0.15) is 0 Å². The summed E-state index contributed by atoms with van der Waals surface area (Å²) in [5.41, 5.74) is 5.77. The number of nitrogens with zero attached hydrogens (tertiary/aromatic N) is 2. The lowest BCUT2D eigenvalue weighted by atomic mass is 10.4. The molecule has 1 rings (SSSR count). The molecule has 1 aromatic heterocycles. The third-order valence-corrected chi connectivity index (χ3v) is 1.81. The summed E-state index contributed by atoms with van der Waals surface area (Å²) in [4.78, 5) is 13.2. The van der Waals surface area contributed by atoms with Gasteiger partial charge in [0.25, 0.3) is 0 Å². The van der Waals surface area contributed by atoms with Crippen LogP contribution in [0.15, 0.2) is 12.3 Å². The molecule has 0 aliphatic rings. The van der Waals surface area contributed by atoms with Crippen LogP contribution < -0.4 is 5.73 Å². The van der Waals surface area contributed by atoms with E-state index < -0.39 is 4.92 Å². The normalized spacial score (nSPS) is 9.55. The summed E-state index contributed by atoms with van der Waals surface area (Å²) in [6, 6.07) is 1.51. The monoisotopic (exact) mass is 265 g/mol. The van der Waals surface area contributed by atoms with Gasteiger partial charge in [-0.1, -0.05) is 0 Å². The lowest BCUT2D eigenvalue weighted by Crippen LogP contribution is -1.96. The molecule has 0 fully saturated rings. The fraction of sp³-hybridized carbons (Fsp3) is 0. The number of rotatable bonds is 1. The third kappa shape index (κ3) is 1.76. The number of hydrogen-bond acceptors (Lipinski definition) is 4. The van der Waals surface area contributed by atoms with E-state index in [0.717, 1.165) is 0 Å². The summed E-state index contributed by atoms with van der Waals surface area (Å²) in [6.45, 7) is 0. The Morgan fingerprint density at radius 2 is 2.36 bits per heavy atom. The van der Waals surface area contributed by atoms with Gasteiger partial charge in [-0.25, -0.2) is 0 Å². The van der Waals surface area contributed by atoms with Gasteiger partial charge in [-0.15, -0.1) is 0 Å². The van der Waals surface area contributed by atoms with Gasteiger partial charge >= 0.3 is 5.82 Å². The van der Waals surface area contributed by atoms with E-state index in [0.29, 0.717) is 9.26 Å². The molecule has 6 heteroatoms. The number of pyridine rings is 1. The Morgan fingerprint density at radius 1 is 1.73 bits per heavy atom. The smallest absolute Gasteiger partial charge is 0.377 e. The fourth-order valence-electron chi connectivity index (χ4n) is 0.580. The Labute approximate surface area is 75.9 Å². The topological polar surface area (TPSA) is 82.0 Å². The molecule has 0 saturated heterocycles. The van der Waals surface area contributed by atoms with Crippen LogP contribution in [0.25, 0.3) is 0 Å². The number of nitrogen functional groups attached to an aromatic ring is 1. The molecule has 0 atom stereocenters. The first-order valence-electron chi connectivity index (χ1n) is 2.66. The zero-order valence-corrected chi connectivity index (χ0v) is 7.48. The second kappa shape index (κ2) is 2.99. The molecule has 1 aromatic rings. The highest BCUT2D eigenvalue weighted by Gasteiger charge is 2.12. The average Bonchev–Trinajstić information content (AvgIpc) is 1.85. The first kappa shape index (κ1) is 8.18. The van der Waals surface area contributed by atoms with E-state index in [1.165, 1.54) is 12.3 Å². The molecule has 0 radical (unpaired) electrons. The molecular weight excluding hydrogens is 261 g/mol. The van der Waals surface area contributed by atoms with Crippen molar-refractivity contribution >= 4 is 34.1 Å². The number of nitro groups is 1. The van der Waals surface area contributed by atoms with Crippen LogP contribution in [0, 0.1) is 13.7 Å². The molecule has 0 bridgehead atoms. The molecule has 58 valence electrons. The van der Waals surface area contributed by atoms with Crippen molar-refractivity contribution in [3.63, 3.8) is 0 Å². The van der Waals surface area contributed by atoms with Gasteiger partial charge in [-0.05, 0) is 38.6 Å². The second-order valence-electron chi connectivity index (χ2n) is 1.83. The van der Waals surface area contributed by atoms with Crippen molar-refractivity contribution in [3.8, 4) is 0 Å². The van der Waals surface area contributed by atoms with Crippen LogP contribution in [-0.4, -0.2) is 9.91 Å². The summed E-state index contributed by atoms with van der Waals surface area (Å²) in [6.07, 6.45) is 1.26. The van der Waals surface area contributed by atoms with Gasteiger partial charge in [0.15, 0.2) is 6.20 Å². The van der Waals surface area contributed by atoms with Crippen molar-refractivity contribution < 1.29 is 4.92 Å². The maximum absolute atomic E-state index is 10.2. The third-order valence-electron chi connectivity index (χ3n) is 1.02. The molecule has 1 heterocycles. The summed E-state index contributed by atoms with van der Waals surface area (Å²) < 4.78 is 0.451. The first-order valence-corrected chi connectivity index (χ1v) is 3.74. The van der Waals surface area contributed by atoms with E-state index in [2.05, 4.69) is 4.98 Å². The van der Waals surface area contributed by atoms with E-state index in [4.69, 9.17) is 5.73 Å². The van der Waals surface area contributed by atoms with Crippen LogP contribution in [-0.2, 0) is 0 Å². The van der Waals surface area contributed by atoms with E-state index >= 15 is 0 Å². The number of halogens is 1. The lowest BCUT2D eigenvalue weighted by molar-refractivity contribution is -0.390. The molecule has 0 saturated carbocycles. The van der Waals surface area contributed by atoms with Crippen molar-refractivity contribution in [2.24, 2.45) is 0 Å². The molecule has 0 amide bonds. The summed E-state index contributed by atoms with van der Waals surface area (Å²) >= 11 is 1.82. The van der Waals surface area contributed by atoms with Crippen LogP contribution in [0.4, 0.5) is 11.5 Å². The van der Waals surface area contributed by atoms with Gasteiger partial charge in [0.1, 0.15) is 3.57 Å². The fourth-order valence-corrected chi connectivity index (χ4v) is 1.28. The van der Waals surface area contributed by atoms with Crippen molar-refractivity contribution in [3.05, 3.63) is 25.9 Å².